The maximum atomic E-state index is 12.0. The number of hydrogen-bond acceptors (Lipinski definition) is 5. The summed E-state index contributed by atoms with van der Waals surface area (Å²) < 4.78 is 32.1. The van der Waals surface area contributed by atoms with Gasteiger partial charge in [0, 0.05) is 25.9 Å². The maximum Gasteiger partial charge on any atom is 0.242 e. The topological polar surface area (TPSA) is 94.3 Å². The van der Waals surface area contributed by atoms with Gasteiger partial charge < -0.3 is 10.5 Å². The number of nitrogens with one attached hydrogen (secondary N) is 1. The number of aromatic nitrogens is 1. The minimum atomic E-state index is -3.52. The molecule has 1 fully saturated rings. The number of nitrogens with zero attached hydrogens (tertiary/aromatic N) is 1. The highest BCUT2D eigenvalue weighted by Crippen LogP contribution is 2.13. The number of hydrogen-bond donors (Lipinski definition) is 2. The zero-order valence-electron chi connectivity index (χ0n) is 10.7. The molecule has 1 aromatic rings. The second kappa shape index (κ2) is 6.42. The Kier molecular flexibility index (Phi) is 4.87. The van der Waals surface area contributed by atoms with Gasteiger partial charge in [0.2, 0.25) is 10.0 Å². The van der Waals surface area contributed by atoms with Crippen molar-refractivity contribution in [1.82, 2.24) is 9.71 Å². The fourth-order valence-corrected chi connectivity index (χ4v) is 2.96. The molecule has 1 unspecified atom stereocenters. The molecule has 0 radical (unpaired) electrons. The Labute approximate surface area is 113 Å². The molecule has 1 saturated heterocycles. The van der Waals surface area contributed by atoms with E-state index in [4.69, 9.17) is 10.5 Å². The van der Waals surface area contributed by atoms with Crippen molar-refractivity contribution >= 4 is 10.0 Å². The van der Waals surface area contributed by atoms with Crippen LogP contribution in [0.2, 0.25) is 0 Å². The van der Waals surface area contributed by atoms with Crippen LogP contribution in [0, 0.1) is 0 Å². The van der Waals surface area contributed by atoms with Gasteiger partial charge in [-0.05, 0) is 31.4 Å². The molecule has 1 aliphatic heterocycles. The molecule has 1 aromatic heterocycles. The minimum Gasteiger partial charge on any atom is -0.377 e. The Morgan fingerprint density at radius 2 is 2.26 bits per heavy atom. The average Bonchev–Trinajstić information content (AvgIpc) is 2.46. The van der Waals surface area contributed by atoms with Crippen LogP contribution in [-0.2, 0) is 21.3 Å². The predicted octanol–water partition coefficient (Wildman–Crippen LogP) is 0.388. The van der Waals surface area contributed by atoms with Crippen LogP contribution >= 0.6 is 0 Å². The van der Waals surface area contributed by atoms with Gasteiger partial charge in [0.25, 0.3) is 0 Å². The summed E-state index contributed by atoms with van der Waals surface area (Å²) in [7, 11) is -3.52. The van der Waals surface area contributed by atoms with Crippen LogP contribution in [0.3, 0.4) is 0 Å². The van der Waals surface area contributed by atoms with Crippen molar-refractivity contribution in [3.8, 4) is 0 Å². The highest BCUT2D eigenvalue weighted by atomic mass is 32.2. The summed E-state index contributed by atoms with van der Waals surface area (Å²) in [5.41, 5.74) is 6.08. The van der Waals surface area contributed by atoms with Crippen LogP contribution in [0.1, 0.15) is 25.0 Å². The van der Waals surface area contributed by atoms with Crippen LogP contribution in [0.15, 0.2) is 23.2 Å². The summed E-state index contributed by atoms with van der Waals surface area (Å²) in [6, 6.07) is 3.13. The highest BCUT2D eigenvalue weighted by molar-refractivity contribution is 7.89. The lowest BCUT2D eigenvalue weighted by atomic mass is 10.1. The van der Waals surface area contributed by atoms with Crippen molar-refractivity contribution in [2.24, 2.45) is 5.73 Å². The summed E-state index contributed by atoms with van der Waals surface area (Å²) in [6.45, 7) is 1.31. The molecular formula is C12H19N3O3S. The lowest BCUT2D eigenvalue weighted by Gasteiger charge is -2.22. The molecule has 0 aromatic carbocycles. The first-order chi connectivity index (χ1) is 9.12. The molecule has 0 bridgehead atoms. The molecule has 0 saturated carbocycles. The van der Waals surface area contributed by atoms with Gasteiger partial charge in [-0.25, -0.2) is 13.1 Å². The first-order valence-electron chi connectivity index (χ1n) is 6.38. The standard InChI is InChI=1S/C12H19N3O3S/c13-7-10-4-5-12(9-14-10)19(16,17)15-8-11-3-1-2-6-18-11/h4-5,9,11,15H,1-3,6-8,13H2. The summed E-state index contributed by atoms with van der Waals surface area (Å²) in [5.74, 6) is 0. The fourth-order valence-electron chi connectivity index (χ4n) is 1.95. The van der Waals surface area contributed by atoms with E-state index in [1.807, 2.05) is 0 Å². The lowest BCUT2D eigenvalue weighted by Crippen LogP contribution is -2.35. The van der Waals surface area contributed by atoms with Gasteiger partial charge in [0.05, 0.1) is 11.8 Å². The molecule has 0 aliphatic carbocycles. The Morgan fingerprint density at radius 1 is 1.42 bits per heavy atom. The van der Waals surface area contributed by atoms with Crippen molar-refractivity contribution in [2.45, 2.75) is 36.8 Å². The van der Waals surface area contributed by atoms with Gasteiger partial charge >= 0.3 is 0 Å². The fraction of sp³-hybridized carbons (Fsp3) is 0.583. The minimum absolute atomic E-state index is 0.0280. The van der Waals surface area contributed by atoms with Gasteiger partial charge in [-0.15, -0.1) is 0 Å². The van der Waals surface area contributed by atoms with E-state index in [1.54, 1.807) is 6.07 Å². The third kappa shape index (κ3) is 3.97. The second-order valence-corrected chi connectivity index (χ2v) is 6.30. The third-order valence-corrected chi connectivity index (χ3v) is 4.50. The van der Waals surface area contributed by atoms with Crippen molar-refractivity contribution < 1.29 is 13.2 Å². The highest BCUT2D eigenvalue weighted by Gasteiger charge is 2.19. The van der Waals surface area contributed by atoms with E-state index in [0.717, 1.165) is 19.3 Å². The first kappa shape index (κ1) is 14.4. The van der Waals surface area contributed by atoms with Crippen molar-refractivity contribution in [1.29, 1.82) is 0 Å². The molecule has 7 heteroatoms. The Morgan fingerprint density at radius 3 is 2.84 bits per heavy atom. The lowest BCUT2D eigenvalue weighted by molar-refractivity contribution is 0.0200. The van der Waals surface area contributed by atoms with Crippen LogP contribution in [0.4, 0.5) is 0 Å². The summed E-state index contributed by atoms with van der Waals surface area (Å²) in [6.07, 6.45) is 4.33. The van der Waals surface area contributed by atoms with Gasteiger partial charge in [-0.1, -0.05) is 0 Å². The van der Waals surface area contributed by atoms with Crippen LogP contribution in [0.5, 0.6) is 0 Å². The summed E-state index contributed by atoms with van der Waals surface area (Å²) in [4.78, 5) is 4.14. The second-order valence-electron chi connectivity index (χ2n) is 4.53. The molecule has 106 valence electrons. The summed E-state index contributed by atoms with van der Waals surface area (Å²) >= 11 is 0. The van der Waals surface area contributed by atoms with E-state index in [-0.39, 0.29) is 11.0 Å². The molecule has 2 heterocycles. The summed E-state index contributed by atoms with van der Waals surface area (Å²) in [5, 5.41) is 0. The largest absolute Gasteiger partial charge is 0.377 e. The number of sulfonamides is 1. The number of rotatable bonds is 5. The molecule has 3 N–H and O–H groups in total. The van der Waals surface area contributed by atoms with E-state index < -0.39 is 10.0 Å². The first-order valence-corrected chi connectivity index (χ1v) is 7.86. The normalized spacial score (nSPS) is 20.4. The van der Waals surface area contributed by atoms with Gasteiger partial charge in [-0.2, -0.15) is 0 Å². The predicted molar refractivity (Wildman–Crippen MR) is 70.9 cm³/mol. The average molecular weight is 285 g/mol. The molecule has 1 aliphatic rings. The van der Waals surface area contributed by atoms with E-state index in [9.17, 15) is 8.42 Å². The van der Waals surface area contributed by atoms with E-state index >= 15 is 0 Å². The van der Waals surface area contributed by atoms with Crippen LogP contribution in [-0.4, -0.2) is 32.7 Å². The molecule has 2 rings (SSSR count). The van der Waals surface area contributed by atoms with Gasteiger partial charge in [0.15, 0.2) is 0 Å². The Balaban J connectivity index is 1.96. The van der Waals surface area contributed by atoms with Crippen LogP contribution in [0.25, 0.3) is 0 Å². The van der Waals surface area contributed by atoms with Crippen molar-refractivity contribution in [3.63, 3.8) is 0 Å². The van der Waals surface area contributed by atoms with Gasteiger partial charge in [-0.3, -0.25) is 4.98 Å². The van der Waals surface area contributed by atoms with Crippen LogP contribution < -0.4 is 10.5 Å². The number of pyridine rings is 1. The smallest absolute Gasteiger partial charge is 0.242 e. The molecule has 19 heavy (non-hydrogen) atoms. The zero-order chi connectivity index (χ0) is 13.7. The van der Waals surface area contributed by atoms with E-state index in [0.29, 0.717) is 25.4 Å². The molecule has 1 atom stereocenters. The Bertz CT molecular complexity index is 495. The van der Waals surface area contributed by atoms with E-state index in [1.165, 1.54) is 12.3 Å². The number of ether oxygens (including phenoxy) is 1. The van der Waals surface area contributed by atoms with Crippen molar-refractivity contribution in [3.05, 3.63) is 24.0 Å². The van der Waals surface area contributed by atoms with Gasteiger partial charge in [0.1, 0.15) is 4.90 Å². The molecule has 6 nitrogen and oxygen atoms in total. The zero-order valence-corrected chi connectivity index (χ0v) is 11.5. The van der Waals surface area contributed by atoms with E-state index in [2.05, 4.69) is 9.71 Å². The monoisotopic (exact) mass is 285 g/mol. The third-order valence-electron chi connectivity index (χ3n) is 3.09. The number of nitrogens with two attached hydrogens (primary N) is 1. The molecule has 0 amide bonds. The SMILES string of the molecule is NCc1ccc(S(=O)(=O)NCC2CCCCO2)cn1. The molecule has 0 spiro atoms. The van der Waals surface area contributed by atoms with Crippen molar-refractivity contribution in [2.75, 3.05) is 13.2 Å². The Hall–Kier alpha value is -1.02. The quantitative estimate of drug-likeness (QED) is 0.816. The maximum absolute atomic E-state index is 12.0. The molecular weight excluding hydrogens is 266 g/mol.